The van der Waals surface area contributed by atoms with Crippen molar-refractivity contribution in [2.45, 2.75) is 60.5 Å². The minimum absolute atomic E-state index is 0.0373. The molecule has 1 aliphatic rings. The van der Waals surface area contributed by atoms with Gasteiger partial charge in [-0.2, -0.15) is 0 Å². The van der Waals surface area contributed by atoms with Crippen molar-refractivity contribution in [2.24, 2.45) is 5.41 Å². The van der Waals surface area contributed by atoms with Crippen LogP contribution >= 0.6 is 11.3 Å². The van der Waals surface area contributed by atoms with Crippen LogP contribution in [-0.4, -0.2) is 52.9 Å². The highest BCUT2D eigenvalue weighted by Gasteiger charge is 2.45. The van der Waals surface area contributed by atoms with Crippen molar-refractivity contribution < 1.29 is 14.0 Å². The topological polar surface area (TPSA) is 91.9 Å². The van der Waals surface area contributed by atoms with Gasteiger partial charge in [0.2, 0.25) is 11.8 Å². The van der Waals surface area contributed by atoms with Crippen molar-refractivity contribution >= 4 is 45.5 Å². The standard InChI is InChI=1S/C32H39N5O4S/c1-7-37-25-11-10-23(17-26(25)34(6)30(39)32(4,5)31(37)40)9-8-13-35(19-27-22(3)33-20-42-27)14-15-36-18-21(2)28-24(29(36)38)12-16-41-28/h10-12,16-18,20H,7-9,13-15,19H2,1-6H3. The fourth-order valence-electron chi connectivity index (χ4n) is 5.76. The molecule has 222 valence electrons. The summed E-state index contributed by atoms with van der Waals surface area (Å²) in [6.45, 7) is 12.7. The second-order valence-electron chi connectivity index (χ2n) is 11.6. The van der Waals surface area contributed by atoms with Crippen LogP contribution in [0.1, 0.15) is 48.9 Å². The van der Waals surface area contributed by atoms with Gasteiger partial charge in [-0.1, -0.05) is 6.07 Å². The van der Waals surface area contributed by atoms with Gasteiger partial charge >= 0.3 is 0 Å². The highest BCUT2D eigenvalue weighted by molar-refractivity contribution is 7.09. The first-order chi connectivity index (χ1) is 20.0. The van der Waals surface area contributed by atoms with Crippen LogP contribution in [0.5, 0.6) is 0 Å². The van der Waals surface area contributed by atoms with E-state index < -0.39 is 5.41 Å². The van der Waals surface area contributed by atoms with E-state index in [9.17, 15) is 14.4 Å². The van der Waals surface area contributed by atoms with Crippen LogP contribution in [0.2, 0.25) is 0 Å². The number of hydrogen-bond donors (Lipinski definition) is 0. The predicted octanol–water partition coefficient (Wildman–Crippen LogP) is 5.16. The third-order valence-electron chi connectivity index (χ3n) is 8.30. The molecule has 10 heteroatoms. The van der Waals surface area contributed by atoms with Gasteiger partial charge in [0.05, 0.1) is 34.2 Å². The summed E-state index contributed by atoms with van der Waals surface area (Å²) in [7, 11) is 1.75. The summed E-state index contributed by atoms with van der Waals surface area (Å²) in [6, 6.07) is 7.81. The monoisotopic (exact) mass is 589 g/mol. The Balaban J connectivity index is 1.32. The van der Waals surface area contributed by atoms with Gasteiger partial charge in [-0.05, 0) is 77.8 Å². The molecule has 1 aromatic carbocycles. The number of amides is 2. The van der Waals surface area contributed by atoms with Gasteiger partial charge in [0.15, 0.2) is 0 Å². The lowest BCUT2D eigenvalue weighted by Gasteiger charge is -2.27. The lowest BCUT2D eigenvalue weighted by Crippen LogP contribution is -2.47. The summed E-state index contributed by atoms with van der Waals surface area (Å²) in [5.41, 5.74) is 5.99. The Labute approximate surface area is 250 Å². The molecule has 0 saturated heterocycles. The van der Waals surface area contributed by atoms with Gasteiger partial charge in [-0.15, -0.1) is 11.3 Å². The molecule has 0 unspecified atom stereocenters. The van der Waals surface area contributed by atoms with E-state index in [0.29, 0.717) is 30.6 Å². The first kappa shape index (κ1) is 29.7. The fourth-order valence-corrected chi connectivity index (χ4v) is 6.58. The van der Waals surface area contributed by atoms with Crippen LogP contribution in [-0.2, 0) is 29.1 Å². The number of furan rings is 1. The molecule has 4 aromatic rings. The minimum atomic E-state index is -1.12. The number of nitrogens with zero attached hydrogens (tertiary/aromatic N) is 5. The Bertz CT molecular complexity index is 1680. The maximum atomic E-state index is 13.2. The Morgan fingerprint density at radius 3 is 2.55 bits per heavy atom. The summed E-state index contributed by atoms with van der Waals surface area (Å²) < 4.78 is 7.28. The lowest BCUT2D eigenvalue weighted by atomic mass is 9.90. The summed E-state index contributed by atoms with van der Waals surface area (Å²) in [5.74, 6) is -0.379. The average molecular weight is 590 g/mol. The van der Waals surface area contributed by atoms with Crippen molar-refractivity contribution in [3.8, 4) is 0 Å². The number of aromatic nitrogens is 2. The third kappa shape index (κ3) is 5.53. The number of benzene rings is 1. The molecule has 0 radical (unpaired) electrons. The van der Waals surface area contributed by atoms with Crippen LogP contribution in [0.4, 0.5) is 11.4 Å². The minimum Gasteiger partial charge on any atom is -0.464 e. The van der Waals surface area contributed by atoms with E-state index in [1.807, 2.05) is 44.6 Å². The maximum Gasteiger partial charge on any atom is 0.261 e. The molecule has 0 aliphatic carbocycles. The molecule has 0 N–H and O–H groups in total. The quantitative estimate of drug-likeness (QED) is 0.238. The van der Waals surface area contributed by atoms with Crippen LogP contribution in [0.25, 0.3) is 11.0 Å². The van der Waals surface area contributed by atoms with Gasteiger partial charge in [-0.25, -0.2) is 4.98 Å². The number of thiazole rings is 1. The average Bonchev–Trinajstić information content (AvgIpc) is 3.62. The Morgan fingerprint density at radius 2 is 1.83 bits per heavy atom. The van der Waals surface area contributed by atoms with Crippen LogP contribution in [0.15, 0.2) is 51.4 Å². The summed E-state index contributed by atoms with van der Waals surface area (Å²) >= 11 is 1.65. The van der Waals surface area contributed by atoms with Crippen molar-refractivity contribution in [1.29, 1.82) is 0 Å². The first-order valence-electron chi connectivity index (χ1n) is 14.4. The second-order valence-corrected chi connectivity index (χ2v) is 12.5. The summed E-state index contributed by atoms with van der Waals surface area (Å²) in [5, 5.41) is 0.609. The van der Waals surface area contributed by atoms with Gasteiger partial charge in [0.1, 0.15) is 11.0 Å². The van der Waals surface area contributed by atoms with Gasteiger partial charge in [0, 0.05) is 49.9 Å². The largest absolute Gasteiger partial charge is 0.464 e. The Kier molecular flexibility index (Phi) is 8.39. The zero-order chi connectivity index (χ0) is 30.2. The maximum absolute atomic E-state index is 13.2. The van der Waals surface area contributed by atoms with Crippen molar-refractivity contribution in [3.05, 3.63) is 74.3 Å². The smallest absolute Gasteiger partial charge is 0.261 e. The van der Waals surface area contributed by atoms with Crippen LogP contribution in [0, 0.1) is 19.3 Å². The zero-order valence-corrected chi connectivity index (χ0v) is 26.1. The van der Waals surface area contributed by atoms with Gasteiger partial charge < -0.3 is 18.8 Å². The number of rotatable bonds is 10. The molecule has 0 spiro atoms. The van der Waals surface area contributed by atoms with Crippen molar-refractivity contribution in [2.75, 3.05) is 36.5 Å². The number of aryl methyl sites for hydroxylation is 3. The number of fused-ring (bicyclic) bond motifs is 2. The van der Waals surface area contributed by atoms with Crippen LogP contribution in [0.3, 0.4) is 0 Å². The molecular weight excluding hydrogens is 550 g/mol. The summed E-state index contributed by atoms with van der Waals surface area (Å²) in [6.07, 6.45) is 5.15. The molecule has 4 heterocycles. The van der Waals surface area contributed by atoms with Crippen LogP contribution < -0.4 is 15.4 Å². The zero-order valence-electron chi connectivity index (χ0n) is 25.3. The molecular formula is C32H39N5O4S. The van der Waals surface area contributed by atoms with E-state index in [2.05, 4.69) is 16.0 Å². The number of hydrogen-bond acceptors (Lipinski definition) is 7. The molecule has 0 bridgehead atoms. The molecule has 42 heavy (non-hydrogen) atoms. The van der Waals surface area contributed by atoms with E-state index in [1.165, 1.54) is 4.88 Å². The van der Waals surface area contributed by atoms with Gasteiger partial charge in [0.25, 0.3) is 5.56 Å². The number of carbonyl (C=O) groups excluding carboxylic acids is 2. The molecule has 2 amide bonds. The first-order valence-corrected chi connectivity index (χ1v) is 15.3. The summed E-state index contributed by atoms with van der Waals surface area (Å²) in [4.78, 5) is 50.8. The third-order valence-corrected chi connectivity index (χ3v) is 9.22. The molecule has 0 fully saturated rings. The molecule has 9 nitrogen and oxygen atoms in total. The highest BCUT2D eigenvalue weighted by Crippen LogP contribution is 2.39. The molecule has 3 aromatic heterocycles. The van der Waals surface area contributed by atoms with E-state index >= 15 is 0 Å². The second kappa shape index (κ2) is 11.9. The fraction of sp³-hybridized carbons (Fsp3) is 0.438. The Morgan fingerprint density at radius 1 is 1.05 bits per heavy atom. The van der Waals surface area contributed by atoms with E-state index in [4.69, 9.17) is 4.42 Å². The number of pyridine rings is 1. The Hall–Kier alpha value is -3.76. The van der Waals surface area contributed by atoms with Gasteiger partial charge in [-0.3, -0.25) is 19.3 Å². The number of anilines is 2. The SMILES string of the molecule is CCN1C(=O)C(C)(C)C(=O)N(C)c2cc(CCCN(CCn3cc(C)c4occc4c3=O)Cc3scnc3C)ccc21. The van der Waals surface area contributed by atoms with E-state index in [0.717, 1.165) is 54.1 Å². The number of carbonyl (C=O) groups is 2. The lowest BCUT2D eigenvalue weighted by molar-refractivity contribution is -0.137. The normalized spacial score (nSPS) is 15.1. The molecule has 0 atom stereocenters. The van der Waals surface area contributed by atoms with E-state index in [-0.39, 0.29) is 17.4 Å². The highest BCUT2D eigenvalue weighted by atomic mass is 32.1. The predicted molar refractivity (Wildman–Crippen MR) is 167 cm³/mol. The van der Waals surface area contributed by atoms with Crippen molar-refractivity contribution in [3.63, 3.8) is 0 Å². The molecule has 5 rings (SSSR count). The molecule has 0 saturated carbocycles. The van der Waals surface area contributed by atoms with Crippen molar-refractivity contribution in [1.82, 2.24) is 14.5 Å². The van der Waals surface area contributed by atoms with E-state index in [1.54, 1.807) is 58.9 Å². The molecule has 1 aliphatic heterocycles.